The minimum absolute atomic E-state index is 0.147. The van der Waals surface area contributed by atoms with Crippen LogP contribution in [-0.4, -0.2) is 34.7 Å². The van der Waals surface area contributed by atoms with E-state index in [1.54, 1.807) is 17.0 Å². The van der Waals surface area contributed by atoms with Crippen molar-refractivity contribution in [3.05, 3.63) is 40.8 Å². The van der Waals surface area contributed by atoms with Crippen LogP contribution >= 0.6 is 11.3 Å². The van der Waals surface area contributed by atoms with Crippen molar-refractivity contribution < 1.29 is 14.0 Å². The third-order valence-corrected chi connectivity index (χ3v) is 5.46. The highest BCUT2D eigenvalue weighted by atomic mass is 32.1. The predicted molar refractivity (Wildman–Crippen MR) is 91.5 cm³/mol. The van der Waals surface area contributed by atoms with Crippen LogP contribution in [0.1, 0.15) is 35.3 Å². The highest BCUT2D eigenvalue weighted by Gasteiger charge is 2.34. The Morgan fingerprint density at radius 1 is 1.38 bits per heavy atom. The number of carbonyl (C=O) groups excluding carboxylic acids is 2. The van der Waals surface area contributed by atoms with Crippen molar-refractivity contribution in [1.82, 2.24) is 9.88 Å². The van der Waals surface area contributed by atoms with Gasteiger partial charge in [-0.05, 0) is 43.4 Å². The minimum Gasteiger partial charge on any atom is -0.327 e. The zero-order chi connectivity index (χ0) is 17.3. The van der Waals surface area contributed by atoms with Crippen molar-refractivity contribution in [2.24, 2.45) is 5.92 Å². The highest BCUT2D eigenvalue weighted by molar-refractivity contribution is 7.15. The average molecular weight is 346 g/mol. The van der Waals surface area contributed by atoms with E-state index in [4.69, 9.17) is 0 Å². The van der Waals surface area contributed by atoms with Crippen LogP contribution in [0.5, 0.6) is 0 Å². The Hall–Kier alpha value is -2.08. The molecule has 2 unspecified atom stereocenters. The summed E-state index contributed by atoms with van der Waals surface area (Å²) in [7, 11) is 0. The molecule has 1 aliphatic rings. The summed E-state index contributed by atoms with van der Waals surface area (Å²) in [5.41, 5.74) is 1.11. The number of halogens is 1. The number of amides is 1. The summed E-state index contributed by atoms with van der Waals surface area (Å²) in [6, 6.07) is 5.63. The number of nitrogens with zero attached hydrogens (tertiary/aromatic N) is 2. The third kappa shape index (κ3) is 3.11. The summed E-state index contributed by atoms with van der Waals surface area (Å²) >= 11 is 1.41. The number of rotatable bonds is 3. The van der Waals surface area contributed by atoms with Gasteiger partial charge < -0.3 is 9.69 Å². The van der Waals surface area contributed by atoms with Crippen molar-refractivity contribution in [1.29, 1.82) is 0 Å². The van der Waals surface area contributed by atoms with Crippen LogP contribution in [0.3, 0.4) is 0 Å². The molecule has 1 aromatic heterocycles. The van der Waals surface area contributed by atoms with Gasteiger partial charge in [0.05, 0.1) is 15.9 Å². The molecule has 24 heavy (non-hydrogen) atoms. The Kier molecular flexibility index (Phi) is 4.76. The molecule has 6 heteroatoms. The van der Waals surface area contributed by atoms with Gasteiger partial charge >= 0.3 is 0 Å². The maximum atomic E-state index is 13.2. The van der Waals surface area contributed by atoms with Gasteiger partial charge in [0.2, 0.25) is 0 Å². The zero-order valence-electron chi connectivity index (χ0n) is 13.7. The van der Waals surface area contributed by atoms with E-state index in [1.807, 2.05) is 13.8 Å². The molecule has 1 amide bonds. The average Bonchev–Trinajstić information content (AvgIpc) is 2.96. The van der Waals surface area contributed by atoms with Crippen LogP contribution in [0.2, 0.25) is 0 Å². The second-order valence-corrected chi connectivity index (χ2v) is 7.37. The largest absolute Gasteiger partial charge is 0.327 e. The van der Waals surface area contributed by atoms with E-state index >= 15 is 0 Å². The molecule has 0 spiro atoms. The molecule has 2 heterocycles. The molecular weight excluding hydrogens is 327 g/mol. The summed E-state index contributed by atoms with van der Waals surface area (Å²) in [6.07, 6.45) is 2.68. The molecule has 1 saturated heterocycles. The van der Waals surface area contributed by atoms with Crippen LogP contribution in [0.4, 0.5) is 4.39 Å². The number of hydrogen-bond donors (Lipinski definition) is 0. The number of benzene rings is 1. The standard InChI is InChI=1S/C18H19FN2O2S/c1-11-4-3-9-21(15(11)10-22)18(23)16-17(24-12(2)20-16)13-5-7-14(19)8-6-13/h5-8,10-11,15H,3-4,9H2,1-2H3. The molecule has 0 N–H and O–H groups in total. The Morgan fingerprint density at radius 2 is 2.08 bits per heavy atom. The van der Waals surface area contributed by atoms with E-state index in [2.05, 4.69) is 4.98 Å². The number of thiazole rings is 1. The lowest BCUT2D eigenvalue weighted by atomic mass is 9.91. The van der Waals surface area contributed by atoms with Gasteiger partial charge in [0.15, 0.2) is 0 Å². The number of aromatic nitrogens is 1. The van der Waals surface area contributed by atoms with Gasteiger partial charge in [-0.3, -0.25) is 4.79 Å². The number of likely N-dealkylation sites (tertiary alicyclic amines) is 1. The Bertz CT molecular complexity index is 757. The summed E-state index contributed by atoms with van der Waals surface area (Å²) < 4.78 is 13.2. The first kappa shape index (κ1) is 16.8. The van der Waals surface area contributed by atoms with Crippen molar-refractivity contribution in [2.45, 2.75) is 32.7 Å². The normalized spacial score (nSPS) is 20.9. The van der Waals surface area contributed by atoms with Crippen LogP contribution < -0.4 is 0 Å². The minimum atomic E-state index is -0.408. The molecule has 3 rings (SSSR count). The van der Waals surface area contributed by atoms with E-state index in [0.29, 0.717) is 12.2 Å². The molecule has 1 fully saturated rings. The SMILES string of the molecule is Cc1nc(C(=O)N2CCCC(C)C2C=O)c(-c2ccc(F)cc2)s1. The topological polar surface area (TPSA) is 50.3 Å². The van der Waals surface area contributed by atoms with Crippen molar-refractivity contribution in [3.8, 4) is 10.4 Å². The van der Waals surface area contributed by atoms with Gasteiger partial charge in [-0.2, -0.15) is 0 Å². The fourth-order valence-corrected chi connectivity index (χ4v) is 4.08. The van der Waals surface area contributed by atoms with E-state index in [9.17, 15) is 14.0 Å². The molecule has 2 aromatic rings. The monoisotopic (exact) mass is 346 g/mol. The van der Waals surface area contributed by atoms with Crippen LogP contribution in [0, 0.1) is 18.7 Å². The molecule has 0 saturated carbocycles. The molecule has 1 aromatic carbocycles. The molecule has 2 atom stereocenters. The lowest BCUT2D eigenvalue weighted by molar-refractivity contribution is -0.114. The number of piperidine rings is 1. The molecule has 126 valence electrons. The van der Waals surface area contributed by atoms with Crippen molar-refractivity contribution >= 4 is 23.5 Å². The highest BCUT2D eigenvalue weighted by Crippen LogP contribution is 2.33. The lowest BCUT2D eigenvalue weighted by Gasteiger charge is -2.36. The van der Waals surface area contributed by atoms with Crippen molar-refractivity contribution in [3.63, 3.8) is 0 Å². The van der Waals surface area contributed by atoms with Gasteiger partial charge in [0.25, 0.3) is 5.91 Å². The molecule has 1 aliphatic heterocycles. The number of carbonyl (C=O) groups is 2. The van der Waals surface area contributed by atoms with Gasteiger partial charge in [-0.1, -0.05) is 19.1 Å². The first-order valence-electron chi connectivity index (χ1n) is 8.01. The fraction of sp³-hybridized carbons (Fsp3) is 0.389. The van der Waals surface area contributed by atoms with E-state index in [-0.39, 0.29) is 17.6 Å². The second-order valence-electron chi connectivity index (χ2n) is 6.16. The summed E-state index contributed by atoms with van der Waals surface area (Å²) in [5.74, 6) is -0.393. The van der Waals surface area contributed by atoms with Gasteiger partial charge in [0, 0.05) is 6.54 Å². The zero-order valence-corrected chi connectivity index (χ0v) is 14.5. The summed E-state index contributed by atoms with van der Waals surface area (Å²) in [6.45, 7) is 4.39. The number of aryl methyl sites for hydroxylation is 1. The smallest absolute Gasteiger partial charge is 0.274 e. The molecule has 0 radical (unpaired) electrons. The number of hydrogen-bond acceptors (Lipinski definition) is 4. The first-order valence-corrected chi connectivity index (χ1v) is 8.82. The fourth-order valence-electron chi connectivity index (χ4n) is 3.16. The maximum Gasteiger partial charge on any atom is 0.274 e. The number of aldehydes is 1. The first-order chi connectivity index (χ1) is 11.5. The Morgan fingerprint density at radius 3 is 2.75 bits per heavy atom. The van der Waals surface area contributed by atoms with Crippen LogP contribution in [0.15, 0.2) is 24.3 Å². The predicted octanol–water partition coefficient (Wildman–Crippen LogP) is 3.70. The van der Waals surface area contributed by atoms with E-state index in [0.717, 1.165) is 34.6 Å². The van der Waals surface area contributed by atoms with Crippen molar-refractivity contribution in [2.75, 3.05) is 6.54 Å². The molecule has 4 nitrogen and oxygen atoms in total. The lowest BCUT2D eigenvalue weighted by Crippen LogP contribution is -2.48. The Balaban J connectivity index is 1.98. The summed E-state index contributed by atoms with van der Waals surface area (Å²) in [4.78, 5) is 31.2. The Labute approximate surface area is 144 Å². The molecular formula is C18H19FN2O2S. The third-order valence-electron chi connectivity index (χ3n) is 4.44. The van der Waals surface area contributed by atoms with Crippen LogP contribution in [-0.2, 0) is 4.79 Å². The molecule has 0 aliphatic carbocycles. The van der Waals surface area contributed by atoms with Gasteiger partial charge in [0.1, 0.15) is 17.8 Å². The van der Waals surface area contributed by atoms with E-state index in [1.165, 1.54) is 23.5 Å². The van der Waals surface area contributed by atoms with Gasteiger partial charge in [-0.25, -0.2) is 9.37 Å². The molecule has 0 bridgehead atoms. The maximum absolute atomic E-state index is 13.2. The summed E-state index contributed by atoms with van der Waals surface area (Å²) in [5, 5.41) is 0.769. The van der Waals surface area contributed by atoms with Gasteiger partial charge in [-0.15, -0.1) is 11.3 Å². The van der Waals surface area contributed by atoms with Crippen LogP contribution in [0.25, 0.3) is 10.4 Å². The van der Waals surface area contributed by atoms with E-state index < -0.39 is 6.04 Å². The quantitative estimate of drug-likeness (QED) is 0.796. The second kappa shape index (κ2) is 6.81.